The molecule has 0 fully saturated rings. The monoisotopic (exact) mass is 667 g/mol. The van der Waals surface area contributed by atoms with Crippen LogP contribution in [-0.4, -0.2) is 48.8 Å². The van der Waals surface area contributed by atoms with E-state index in [1.165, 1.54) is 44.9 Å². The van der Waals surface area contributed by atoms with Crippen molar-refractivity contribution >= 4 is 13.7 Å². The number of ether oxygens (including phenoxy) is 1. The average Bonchev–Trinajstić information content (AvgIpc) is 3.11. The zero-order valence-corrected chi connectivity index (χ0v) is 29.0. The SMILES string of the molecule is CCCCCCCCCCOc1cccc(CCC(=O)N(CCCO)CCOP(=O)(OCc2ccccc2)OCc2ccccc2)c1. The summed E-state index contributed by atoms with van der Waals surface area (Å²) in [6.07, 6.45) is 11.3. The van der Waals surface area contributed by atoms with Crippen molar-refractivity contribution in [1.29, 1.82) is 0 Å². The van der Waals surface area contributed by atoms with Crippen LogP contribution in [0.25, 0.3) is 0 Å². The highest BCUT2D eigenvalue weighted by atomic mass is 31.2. The number of hydrogen-bond donors (Lipinski definition) is 1. The molecule has 258 valence electrons. The van der Waals surface area contributed by atoms with Crippen molar-refractivity contribution in [2.75, 3.05) is 32.9 Å². The van der Waals surface area contributed by atoms with E-state index in [2.05, 4.69) is 6.92 Å². The maximum absolute atomic E-state index is 13.6. The molecule has 3 aromatic rings. The zero-order chi connectivity index (χ0) is 33.4. The number of rotatable bonds is 26. The molecule has 9 heteroatoms. The van der Waals surface area contributed by atoms with E-state index in [9.17, 15) is 14.5 Å². The first-order chi connectivity index (χ1) is 23.0. The third-order valence-electron chi connectivity index (χ3n) is 7.81. The fourth-order valence-electron chi connectivity index (χ4n) is 5.08. The fourth-order valence-corrected chi connectivity index (χ4v) is 6.22. The van der Waals surface area contributed by atoms with E-state index >= 15 is 0 Å². The van der Waals surface area contributed by atoms with E-state index < -0.39 is 7.82 Å². The summed E-state index contributed by atoms with van der Waals surface area (Å²) in [6, 6.07) is 26.7. The van der Waals surface area contributed by atoms with Crippen molar-refractivity contribution in [3.8, 4) is 5.75 Å². The van der Waals surface area contributed by atoms with Crippen molar-refractivity contribution in [3.05, 3.63) is 102 Å². The Kier molecular flexibility index (Phi) is 19.1. The number of aliphatic hydroxyl groups excluding tert-OH is 1. The third-order valence-corrected chi connectivity index (χ3v) is 9.20. The van der Waals surface area contributed by atoms with Gasteiger partial charge in [-0.15, -0.1) is 0 Å². The average molecular weight is 668 g/mol. The highest BCUT2D eigenvalue weighted by Gasteiger charge is 2.28. The molecule has 0 atom stereocenters. The van der Waals surface area contributed by atoms with Gasteiger partial charge >= 0.3 is 7.82 Å². The van der Waals surface area contributed by atoms with Crippen LogP contribution in [-0.2, 0) is 42.6 Å². The predicted octanol–water partition coefficient (Wildman–Crippen LogP) is 8.91. The molecular formula is C38H54NO7P. The molecule has 0 aliphatic rings. The quantitative estimate of drug-likeness (QED) is 0.0675. The first kappa shape index (κ1) is 38.4. The molecule has 0 spiro atoms. The lowest BCUT2D eigenvalue weighted by Gasteiger charge is -2.24. The number of aryl methyl sites for hydroxylation is 1. The largest absolute Gasteiger partial charge is 0.494 e. The third kappa shape index (κ3) is 16.6. The Labute approximate surface area is 282 Å². The molecule has 8 nitrogen and oxygen atoms in total. The van der Waals surface area contributed by atoms with E-state index in [1.807, 2.05) is 84.9 Å². The number of aliphatic hydroxyl groups is 1. The van der Waals surface area contributed by atoms with Gasteiger partial charge in [0.15, 0.2) is 0 Å². The molecule has 0 saturated heterocycles. The van der Waals surface area contributed by atoms with E-state index in [0.717, 1.165) is 28.9 Å². The van der Waals surface area contributed by atoms with Crippen LogP contribution in [0.1, 0.15) is 87.8 Å². The highest BCUT2D eigenvalue weighted by Crippen LogP contribution is 2.50. The number of benzene rings is 3. The van der Waals surface area contributed by atoms with E-state index in [1.54, 1.807) is 4.90 Å². The number of unbranched alkanes of at least 4 members (excludes halogenated alkanes) is 7. The minimum atomic E-state index is -3.95. The molecule has 0 heterocycles. The normalized spacial score (nSPS) is 11.4. The second-order valence-corrected chi connectivity index (χ2v) is 13.4. The summed E-state index contributed by atoms with van der Waals surface area (Å²) in [7, 11) is -3.95. The smallest absolute Gasteiger partial charge is 0.475 e. The lowest BCUT2D eigenvalue weighted by atomic mass is 10.1. The zero-order valence-electron chi connectivity index (χ0n) is 28.1. The van der Waals surface area contributed by atoms with Gasteiger partial charge in [0.25, 0.3) is 0 Å². The Hall–Kier alpha value is -3.00. The Morgan fingerprint density at radius 1 is 0.681 bits per heavy atom. The molecule has 47 heavy (non-hydrogen) atoms. The molecule has 1 amide bonds. The van der Waals surface area contributed by atoms with Crippen molar-refractivity contribution in [2.45, 2.75) is 90.8 Å². The highest BCUT2D eigenvalue weighted by molar-refractivity contribution is 7.48. The summed E-state index contributed by atoms with van der Waals surface area (Å²) in [5.41, 5.74) is 2.70. The summed E-state index contributed by atoms with van der Waals surface area (Å²) in [5, 5.41) is 9.44. The number of carbonyl (C=O) groups excluding carboxylic acids is 1. The summed E-state index contributed by atoms with van der Waals surface area (Å²) in [6.45, 7) is 3.52. The number of hydrogen-bond acceptors (Lipinski definition) is 7. The number of nitrogens with zero attached hydrogens (tertiary/aromatic N) is 1. The summed E-state index contributed by atoms with van der Waals surface area (Å²) in [5.74, 6) is 0.753. The van der Waals surface area contributed by atoms with Gasteiger partial charge < -0.3 is 14.7 Å². The van der Waals surface area contributed by atoms with Crippen LogP contribution in [0, 0.1) is 0 Å². The minimum Gasteiger partial charge on any atom is -0.494 e. The van der Waals surface area contributed by atoms with Gasteiger partial charge in [-0.1, -0.05) is 125 Å². The van der Waals surface area contributed by atoms with Crippen LogP contribution >= 0.6 is 7.82 Å². The molecule has 0 unspecified atom stereocenters. The molecule has 0 aromatic heterocycles. The molecule has 0 bridgehead atoms. The summed E-state index contributed by atoms with van der Waals surface area (Å²) >= 11 is 0. The standard InChI is InChI=1S/C38H54NO7P/c1-2-3-4-5-6-7-8-15-29-43-37-23-16-22-34(31-37)24-25-38(41)39(26-17-28-40)27-30-44-47(42,45-32-35-18-11-9-12-19-35)46-33-36-20-13-10-14-21-36/h9-14,16,18-23,31,40H,2-8,15,17,24-30,32-33H2,1H3. The van der Waals surface area contributed by atoms with Crippen LogP contribution in [0.4, 0.5) is 0 Å². The second-order valence-electron chi connectivity index (χ2n) is 11.7. The van der Waals surface area contributed by atoms with Gasteiger partial charge in [0.1, 0.15) is 5.75 Å². The fraction of sp³-hybridized carbons (Fsp3) is 0.500. The molecule has 0 aliphatic heterocycles. The molecule has 0 radical (unpaired) electrons. The lowest BCUT2D eigenvalue weighted by Crippen LogP contribution is -2.35. The second kappa shape index (κ2) is 23.3. The van der Waals surface area contributed by atoms with E-state index in [4.69, 9.17) is 18.3 Å². The molecular weight excluding hydrogens is 613 g/mol. The summed E-state index contributed by atoms with van der Waals surface area (Å²) in [4.78, 5) is 14.9. The molecule has 0 saturated carbocycles. The maximum Gasteiger partial charge on any atom is 0.475 e. The number of amides is 1. The van der Waals surface area contributed by atoms with Crippen LogP contribution in [0.5, 0.6) is 5.75 Å². The first-order valence-electron chi connectivity index (χ1n) is 17.2. The van der Waals surface area contributed by atoms with Gasteiger partial charge in [0.2, 0.25) is 5.91 Å². The topological polar surface area (TPSA) is 94.5 Å². The van der Waals surface area contributed by atoms with Crippen molar-refractivity contribution in [1.82, 2.24) is 4.90 Å². The first-order valence-corrected chi connectivity index (χ1v) is 18.7. The van der Waals surface area contributed by atoms with Gasteiger partial charge in [-0.3, -0.25) is 18.4 Å². The minimum absolute atomic E-state index is 0.0399. The van der Waals surface area contributed by atoms with Gasteiger partial charge in [-0.05, 0) is 48.1 Å². The summed E-state index contributed by atoms with van der Waals surface area (Å²) < 4.78 is 36.7. The van der Waals surface area contributed by atoms with Crippen molar-refractivity contribution in [3.63, 3.8) is 0 Å². The van der Waals surface area contributed by atoms with Gasteiger partial charge in [-0.2, -0.15) is 0 Å². The van der Waals surface area contributed by atoms with E-state index in [-0.39, 0.29) is 38.9 Å². The van der Waals surface area contributed by atoms with Crippen LogP contribution in [0.2, 0.25) is 0 Å². The Morgan fingerprint density at radius 3 is 1.89 bits per heavy atom. The number of phosphoric acid groups is 1. The van der Waals surface area contributed by atoms with Crippen molar-refractivity contribution < 1.29 is 32.8 Å². The van der Waals surface area contributed by atoms with Crippen molar-refractivity contribution in [2.24, 2.45) is 0 Å². The van der Waals surface area contributed by atoms with Gasteiger partial charge in [-0.25, -0.2) is 4.57 Å². The molecule has 0 aliphatic carbocycles. The molecule has 3 aromatic carbocycles. The number of carbonyl (C=O) groups is 1. The predicted molar refractivity (Wildman–Crippen MR) is 187 cm³/mol. The maximum atomic E-state index is 13.6. The Morgan fingerprint density at radius 2 is 1.28 bits per heavy atom. The molecule has 3 rings (SSSR count). The molecule has 1 N–H and O–H groups in total. The lowest BCUT2D eigenvalue weighted by molar-refractivity contribution is -0.131. The van der Waals surface area contributed by atoms with Gasteiger partial charge in [0.05, 0.1) is 26.4 Å². The number of phosphoric ester groups is 1. The van der Waals surface area contributed by atoms with Gasteiger partial charge in [0, 0.05) is 26.1 Å². The Balaban J connectivity index is 1.47. The van der Waals surface area contributed by atoms with E-state index in [0.29, 0.717) is 32.4 Å². The van der Waals surface area contributed by atoms with Crippen LogP contribution in [0.15, 0.2) is 84.9 Å². The van der Waals surface area contributed by atoms with Crippen LogP contribution in [0.3, 0.4) is 0 Å². The Bertz CT molecular complexity index is 1240. The van der Waals surface area contributed by atoms with Crippen LogP contribution < -0.4 is 4.74 Å².